The highest BCUT2D eigenvalue weighted by molar-refractivity contribution is 9.11. The van der Waals surface area contributed by atoms with Crippen LogP contribution in [0.1, 0.15) is 0 Å². The van der Waals surface area contributed by atoms with Crippen LogP contribution < -0.4 is 5.32 Å². The number of rotatable bonds is 2. The molecule has 1 heterocycles. The van der Waals surface area contributed by atoms with Gasteiger partial charge in [-0.15, -0.1) is 0 Å². The van der Waals surface area contributed by atoms with Crippen molar-refractivity contribution < 1.29 is 0 Å². The summed E-state index contributed by atoms with van der Waals surface area (Å²) in [4.78, 5) is 4.05. The van der Waals surface area contributed by atoms with Gasteiger partial charge in [0.15, 0.2) is 0 Å². The first-order valence-corrected chi connectivity index (χ1v) is 5.97. The van der Waals surface area contributed by atoms with Crippen molar-refractivity contribution in [3.05, 3.63) is 51.7 Å². The average molecular weight is 328 g/mol. The number of nitrogens with zero attached hydrogens (tertiary/aromatic N) is 1. The van der Waals surface area contributed by atoms with Gasteiger partial charge in [0.1, 0.15) is 0 Å². The van der Waals surface area contributed by atoms with Crippen LogP contribution in [0.5, 0.6) is 0 Å². The Morgan fingerprint density at radius 1 is 0.933 bits per heavy atom. The van der Waals surface area contributed by atoms with E-state index in [2.05, 4.69) is 42.2 Å². The van der Waals surface area contributed by atoms with E-state index in [0.717, 1.165) is 20.3 Å². The van der Waals surface area contributed by atoms with E-state index in [0.29, 0.717) is 0 Å². The third kappa shape index (κ3) is 2.58. The standard InChI is InChI=1S/C11H8Br2N2/c12-9-6-14-7-10(13)11(9)15-8-4-2-1-3-5-8/h1-7H,(H,14,15). The Labute approximate surface area is 105 Å². The number of hydrogen-bond donors (Lipinski definition) is 1. The van der Waals surface area contributed by atoms with Crippen molar-refractivity contribution in [2.24, 2.45) is 0 Å². The number of benzene rings is 1. The maximum Gasteiger partial charge on any atom is 0.0704 e. The molecule has 2 rings (SSSR count). The highest BCUT2D eigenvalue weighted by Crippen LogP contribution is 2.31. The zero-order valence-electron chi connectivity index (χ0n) is 7.74. The fourth-order valence-corrected chi connectivity index (χ4v) is 2.32. The van der Waals surface area contributed by atoms with Gasteiger partial charge in [-0.1, -0.05) is 18.2 Å². The van der Waals surface area contributed by atoms with Gasteiger partial charge >= 0.3 is 0 Å². The van der Waals surface area contributed by atoms with Crippen LogP contribution in [0.4, 0.5) is 11.4 Å². The number of para-hydroxylation sites is 1. The van der Waals surface area contributed by atoms with Gasteiger partial charge in [-0.3, -0.25) is 4.98 Å². The molecule has 1 aromatic carbocycles. The fraction of sp³-hybridized carbons (Fsp3) is 0. The van der Waals surface area contributed by atoms with Gasteiger partial charge in [0.05, 0.1) is 14.6 Å². The summed E-state index contributed by atoms with van der Waals surface area (Å²) in [5.74, 6) is 0. The van der Waals surface area contributed by atoms with Crippen molar-refractivity contribution in [2.75, 3.05) is 5.32 Å². The Morgan fingerprint density at radius 3 is 2.13 bits per heavy atom. The molecule has 1 aromatic heterocycles. The highest BCUT2D eigenvalue weighted by Gasteiger charge is 2.04. The number of aromatic nitrogens is 1. The maximum atomic E-state index is 4.05. The minimum absolute atomic E-state index is 0.931. The molecule has 76 valence electrons. The van der Waals surface area contributed by atoms with Gasteiger partial charge in [0, 0.05) is 18.1 Å². The molecule has 0 saturated carbocycles. The first kappa shape index (κ1) is 10.6. The summed E-state index contributed by atoms with van der Waals surface area (Å²) in [6.07, 6.45) is 3.52. The summed E-state index contributed by atoms with van der Waals surface area (Å²) in [6, 6.07) is 10.00. The molecule has 0 aliphatic rings. The SMILES string of the molecule is Brc1cncc(Br)c1Nc1ccccc1. The number of anilines is 2. The second-order valence-corrected chi connectivity index (χ2v) is 4.68. The van der Waals surface area contributed by atoms with E-state index in [1.807, 2.05) is 30.3 Å². The van der Waals surface area contributed by atoms with E-state index >= 15 is 0 Å². The van der Waals surface area contributed by atoms with E-state index in [-0.39, 0.29) is 0 Å². The molecule has 0 aliphatic heterocycles. The predicted molar refractivity (Wildman–Crippen MR) is 69.4 cm³/mol. The van der Waals surface area contributed by atoms with Gasteiger partial charge in [-0.05, 0) is 44.0 Å². The molecule has 1 N–H and O–H groups in total. The van der Waals surface area contributed by atoms with Crippen LogP contribution in [0, 0.1) is 0 Å². The Hall–Kier alpha value is -0.870. The van der Waals surface area contributed by atoms with Crippen LogP contribution in [0.25, 0.3) is 0 Å². The van der Waals surface area contributed by atoms with Crippen molar-refractivity contribution in [2.45, 2.75) is 0 Å². The molecule has 2 aromatic rings. The van der Waals surface area contributed by atoms with Gasteiger partial charge in [0.2, 0.25) is 0 Å². The molecule has 0 saturated heterocycles. The minimum Gasteiger partial charge on any atom is -0.354 e. The predicted octanol–water partition coefficient (Wildman–Crippen LogP) is 4.35. The van der Waals surface area contributed by atoms with Gasteiger partial charge in [-0.25, -0.2) is 0 Å². The van der Waals surface area contributed by atoms with Crippen LogP contribution in [-0.4, -0.2) is 4.98 Å². The monoisotopic (exact) mass is 326 g/mol. The second kappa shape index (κ2) is 4.77. The summed E-state index contributed by atoms with van der Waals surface area (Å²) < 4.78 is 1.86. The molecular weight excluding hydrogens is 320 g/mol. The molecule has 2 nitrogen and oxygen atoms in total. The Balaban J connectivity index is 2.32. The molecule has 0 unspecified atom stereocenters. The van der Waals surface area contributed by atoms with Gasteiger partial charge in [0.25, 0.3) is 0 Å². The lowest BCUT2D eigenvalue weighted by molar-refractivity contribution is 1.28. The molecule has 0 fully saturated rings. The molecule has 0 amide bonds. The fourth-order valence-electron chi connectivity index (χ4n) is 1.20. The van der Waals surface area contributed by atoms with E-state index in [1.54, 1.807) is 12.4 Å². The topological polar surface area (TPSA) is 24.9 Å². The Bertz CT molecular complexity index is 437. The van der Waals surface area contributed by atoms with Crippen LogP contribution in [-0.2, 0) is 0 Å². The molecule has 0 spiro atoms. The zero-order chi connectivity index (χ0) is 10.7. The molecular formula is C11H8Br2N2. The van der Waals surface area contributed by atoms with Crippen LogP contribution in [0.3, 0.4) is 0 Å². The number of pyridine rings is 1. The highest BCUT2D eigenvalue weighted by atomic mass is 79.9. The van der Waals surface area contributed by atoms with Gasteiger partial charge < -0.3 is 5.32 Å². The van der Waals surface area contributed by atoms with E-state index < -0.39 is 0 Å². The smallest absolute Gasteiger partial charge is 0.0704 e. The zero-order valence-corrected chi connectivity index (χ0v) is 10.9. The van der Waals surface area contributed by atoms with Crippen LogP contribution in [0.2, 0.25) is 0 Å². The Morgan fingerprint density at radius 2 is 1.53 bits per heavy atom. The van der Waals surface area contributed by atoms with Crippen LogP contribution in [0.15, 0.2) is 51.7 Å². The van der Waals surface area contributed by atoms with Crippen molar-refractivity contribution in [1.29, 1.82) is 0 Å². The first-order valence-electron chi connectivity index (χ1n) is 4.38. The normalized spacial score (nSPS) is 10.0. The summed E-state index contributed by atoms with van der Waals surface area (Å²) in [5.41, 5.74) is 2.03. The third-order valence-electron chi connectivity index (χ3n) is 1.90. The van der Waals surface area contributed by atoms with E-state index in [4.69, 9.17) is 0 Å². The van der Waals surface area contributed by atoms with E-state index in [9.17, 15) is 0 Å². The number of nitrogens with one attached hydrogen (secondary N) is 1. The summed E-state index contributed by atoms with van der Waals surface area (Å²) >= 11 is 6.90. The van der Waals surface area contributed by atoms with E-state index in [1.165, 1.54) is 0 Å². The molecule has 15 heavy (non-hydrogen) atoms. The molecule has 0 atom stereocenters. The lowest BCUT2D eigenvalue weighted by Gasteiger charge is -2.09. The van der Waals surface area contributed by atoms with Gasteiger partial charge in [-0.2, -0.15) is 0 Å². The summed E-state index contributed by atoms with van der Waals surface area (Å²) in [6.45, 7) is 0. The van der Waals surface area contributed by atoms with Crippen LogP contribution >= 0.6 is 31.9 Å². The number of halogens is 2. The maximum absolute atomic E-state index is 4.05. The van der Waals surface area contributed by atoms with Crippen molar-refractivity contribution in [3.63, 3.8) is 0 Å². The second-order valence-electron chi connectivity index (χ2n) is 2.97. The minimum atomic E-state index is 0.931. The summed E-state index contributed by atoms with van der Waals surface area (Å²) in [5, 5.41) is 3.31. The molecule has 0 radical (unpaired) electrons. The lowest BCUT2D eigenvalue weighted by Crippen LogP contribution is -1.92. The summed E-state index contributed by atoms with van der Waals surface area (Å²) in [7, 11) is 0. The van der Waals surface area contributed by atoms with Crippen molar-refractivity contribution in [1.82, 2.24) is 4.98 Å². The molecule has 0 aliphatic carbocycles. The first-order chi connectivity index (χ1) is 7.27. The quantitative estimate of drug-likeness (QED) is 0.887. The molecule has 0 bridgehead atoms. The average Bonchev–Trinajstić information content (AvgIpc) is 2.25. The Kier molecular flexibility index (Phi) is 3.38. The van der Waals surface area contributed by atoms with Crippen molar-refractivity contribution in [3.8, 4) is 0 Å². The lowest BCUT2D eigenvalue weighted by atomic mass is 10.3. The van der Waals surface area contributed by atoms with Crippen molar-refractivity contribution >= 4 is 43.2 Å². The molecule has 4 heteroatoms. The third-order valence-corrected chi connectivity index (χ3v) is 3.10. The largest absolute Gasteiger partial charge is 0.354 e. The number of hydrogen-bond acceptors (Lipinski definition) is 2.